The highest BCUT2D eigenvalue weighted by atomic mass is 32.2. The van der Waals surface area contributed by atoms with Crippen LogP contribution in [0.15, 0.2) is 35.6 Å². The van der Waals surface area contributed by atoms with E-state index in [4.69, 9.17) is 5.11 Å². The van der Waals surface area contributed by atoms with Crippen molar-refractivity contribution in [3.05, 3.63) is 41.9 Å². The largest absolute Gasteiger partial charge is 0.478 e. The number of aromatic amines is 1. The molecule has 0 aliphatic rings. The fourth-order valence-corrected chi connectivity index (χ4v) is 2.92. The summed E-state index contributed by atoms with van der Waals surface area (Å²) in [6, 6.07) is 4.50. The van der Waals surface area contributed by atoms with Gasteiger partial charge in [0.05, 0.1) is 17.9 Å². The number of pyridine rings is 1. The summed E-state index contributed by atoms with van der Waals surface area (Å²) in [7, 11) is -4.03. The first-order valence-electron chi connectivity index (χ1n) is 5.61. The maximum atomic E-state index is 12.1. The van der Waals surface area contributed by atoms with Gasteiger partial charge >= 0.3 is 5.97 Å². The molecule has 9 heteroatoms. The van der Waals surface area contributed by atoms with Crippen molar-refractivity contribution in [1.29, 1.82) is 0 Å². The average molecular weight is 296 g/mol. The fourth-order valence-electron chi connectivity index (χ4n) is 1.62. The zero-order chi connectivity index (χ0) is 14.8. The van der Waals surface area contributed by atoms with Crippen LogP contribution < -0.4 is 4.72 Å². The minimum atomic E-state index is -4.03. The monoisotopic (exact) mass is 296 g/mol. The van der Waals surface area contributed by atoms with Crippen molar-refractivity contribution in [3.8, 4) is 0 Å². The van der Waals surface area contributed by atoms with Gasteiger partial charge in [0.1, 0.15) is 5.56 Å². The van der Waals surface area contributed by atoms with Gasteiger partial charge in [-0.3, -0.25) is 10.1 Å². The normalized spacial score (nSPS) is 13.1. The molecule has 0 aliphatic carbocycles. The van der Waals surface area contributed by atoms with Crippen LogP contribution in [0.3, 0.4) is 0 Å². The Bertz CT molecular complexity index is 711. The van der Waals surface area contributed by atoms with Crippen LogP contribution in [-0.4, -0.2) is 34.7 Å². The van der Waals surface area contributed by atoms with E-state index in [9.17, 15) is 13.2 Å². The summed E-state index contributed by atoms with van der Waals surface area (Å²) < 4.78 is 26.6. The lowest BCUT2D eigenvalue weighted by Gasteiger charge is -2.12. The molecule has 106 valence electrons. The minimum absolute atomic E-state index is 0.411. The van der Waals surface area contributed by atoms with Crippen molar-refractivity contribution in [2.75, 3.05) is 0 Å². The van der Waals surface area contributed by atoms with E-state index in [1.807, 2.05) is 0 Å². The van der Waals surface area contributed by atoms with Gasteiger partial charge in [-0.05, 0) is 19.1 Å². The third-order valence-corrected chi connectivity index (χ3v) is 4.08. The van der Waals surface area contributed by atoms with Crippen molar-refractivity contribution < 1.29 is 18.3 Å². The smallest absolute Gasteiger partial charge is 0.340 e. The number of hydrogen-bond donors (Lipinski definition) is 3. The predicted octanol–water partition coefficient (Wildman–Crippen LogP) is 0.542. The number of carboxylic acids is 1. The summed E-state index contributed by atoms with van der Waals surface area (Å²) in [5.41, 5.74) is 0.109. The van der Waals surface area contributed by atoms with E-state index in [1.54, 1.807) is 31.3 Å². The molecule has 8 nitrogen and oxygen atoms in total. The van der Waals surface area contributed by atoms with E-state index >= 15 is 0 Å². The number of aromatic nitrogens is 3. The zero-order valence-corrected chi connectivity index (χ0v) is 11.3. The van der Waals surface area contributed by atoms with Gasteiger partial charge < -0.3 is 5.11 Å². The summed E-state index contributed by atoms with van der Waals surface area (Å²) in [6.07, 6.45) is 2.49. The van der Waals surface area contributed by atoms with Crippen molar-refractivity contribution in [1.82, 2.24) is 19.9 Å². The van der Waals surface area contributed by atoms with Crippen LogP contribution >= 0.6 is 0 Å². The molecule has 2 heterocycles. The van der Waals surface area contributed by atoms with E-state index in [0.717, 1.165) is 6.20 Å². The second-order valence-electron chi connectivity index (χ2n) is 4.02. The van der Waals surface area contributed by atoms with Crippen LogP contribution in [0.4, 0.5) is 0 Å². The third-order valence-electron chi connectivity index (χ3n) is 2.57. The van der Waals surface area contributed by atoms with Crippen LogP contribution in [0.25, 0.3) is 0 Å². The topological polar surface area (TPSA) is 125 Å². The summed E-state index contributed by atoms with van der Waals surface area (Å²) in [4.78, 5) is 15.0. The Balaban J connectivity index is 2.28. The predicted molar refractivity (Wildman–Crippen MR) is 68.5 cm³/mol. The van der Waals surface area contributed by atoms with E-state index in [2.05, 4.69) is 19.9 Å². The third kappa shape index (κ3) is 2.83. The highest BCUT2D eigenvalue weighted by molar-refractivity contribution is 7.89. The van der Waals surface area contributed by atoms with E-state index < -0.39 is 32.6 Å². The Morgan fingerprint density at radius 3 is 2.80 bits per heavy atom. The number of H-pyrrole nitrogens is 1. The SMILES string of the molecule is C[C@H](NS(=O)(=O)c1[nH]ncc1C(=O)O)c1ccccn1. The lowest BCUT2D eigenvalue weighted by molar-refractivity contribution is 0.0692. The first kappa shape index (κ1) is 14.2. The van der Waals surface area contributed by atoms with Crippen LogP contribution in [0.2, 0.25) is 0 Å². The van der Waals surface area contributed by atoms with Gasteiger partial charge in [-0.1, -0.05) is 6.07 Å². The van der Waals surface area contributed by atoms with Crippen molar-refractivity contribution in [3.63, 3.8) is 0 Å². The molecule has 1 atom stereocenters. The number of carbonyl (C=O) groups is 1. The first-order chi connectivity index (χ1) is 9.42. The van der Waals surface area contributed by atoms with Gasteiger partial charge in [-0.15, -0.1) is 0 Å². The molecule has 0 aromatic carbocycles. The van der Waals surface area contributed by atoms with Crippen molar-refractivity contribution in [2.45, 2.75) is 18.0 Å². The lowest BCUT2D eigenvalue weighted by atomic mass is 10.2. The molecular formula is C11H12N4O4S. The number of rotatable bonds is 5. The summed E-state index contributed by atoms with van der Waals surface area (Å²) in [5, 5.41) is 14.1. The van der Waals surface area contributed by atoms with Crippen LogP contribution in [-0.2, 0) is 10.0 Å². The summed E-state index contributed by atoms with van der Waals surface area (Å²) in [6.45, 7) is 1.61. The zero-order valence-electron chi connectivity index (χ0n) is 10.4. The Morgan fingerprint density at radius 2 is 2.20 bits per heavy atom. The highest BCUT2D eigenvalue weighted by Crippen LogP contribution is 2.16. The Kier molecular flexibility index (Phi) is 3.81. The number of carboxylic acid groups (broad SMARTS) is 1. The molecule has 2 aromatic heterocycles. The van der Waals surface area contributed by atoms with Crippen molar-refractivity contribution >= 4 is 16.0 Å². The minimum Gasteiger partial charge on any atom is -0.478 e. The van der Waals surface area contributed by atoms with Crippen LogP contribution in [0.1, 0.15) is 29.0 Å². The van der Waals surface area contributed by atoms with Gasteiger partial charge in [0.2, 0.25) is 0 Å². The molecule has 0 bridgehead atoms. The molecule has 0 saturated carbocycles. The number of hydrogen-bond acceptors (Lipinski definition) is 5. The van der Waals surface area contributed by atoms with Gasteiger partial charge in [0.25, 0.3) is 10.0 Å². The van der Waals surface area contributed by atoms with Gasteiger partial charge in [-0.25, -0.2) is 17.9 Å². The lowest BCUT2D eigenvalue weighted by Crippen LogP contribution is -2.28. The Labute approximate surface area is 114 Å². The molecule has 0 radical (unpaired) electrons. The maximum Gasteiger partial charge on any atom is 0.340 e. The quantitative estimate of drug-likeness (QED) is 0.739. The van der Waals surface area contributed by atoms with Gasteiger partial charge in [0.15, 0.2) is 5.03 Å². The number of aromatic carboxylic acids is 1. The summed E-state index contributed by atoms with van der Waals surface area (Å²) in [5.74, 6) is -1.37. The second-order valence-corrected chi connectivity index (χ2v) is 5.67. The maximum absolute atomic E-state index is 12.1. The molecule has 0 spiro atoms. The van der Waals surface area contributed by atoms with Gasteiger partial charge in [-0.2, -0.15) is 5.10 Å². The molecule has 3 N–H and O–H groups in total. The first-order valence-corrected chi connectivity index (χ1v) is 7.10. The summed E-state index contributed by atoms with van der Waals surface area (Å²) >= 11 is 0. The molecule has 0 fully saturated rings. The highest BCUT2D eigenvalue weighted by Gasteiger charge is 2.26. The number of nitrogens with one attached hydrogen (secondary N) is 2. The molecule has 0 amide bonds. The van der Waals surface area contributed by atoms with E-state index in [-0.39, 0.29) is 0 Å². The fraction of sp³-hybridized carbons (Fsp3) is 0.182. The van der Waals surface area contributed by atoms with Gasteiger partial charge in [0, 0.05) is 6.20 Å². The Hall–Kier alpha value is -2.26. The molecule has 0 unspecified atom stereocenters. The number of sulfonamides is 1. The second kappa shape index (κ2) is 5.39. The average Bonchev–Trinajstić information content (AvgIpc) is 2.89. The Morgan fingerprint density at radius 1 is 1.45 bits per heavy atom. The molecule has 20 heavy (non-hydrogen) atoms. The standard InChI is InChI=1S/C11H12N4O4S/c1-7(9-4-2-3-5-12-9)15-20(18,19)10-8(11(16)17)6-13-14-10/h2-7,15H,1H3,(H,13,14)(H,16,17)/t7-/m0/s1. The molecular weight excluding hydrogens is 284 g/mol. The van der Waals surface area contributed by atoms with Crippen LogP contribution in [0.5, 0.6) is 0 Å². The molecule has 0 saturated heterocycles. The molecule has 2 aromatic rings. The van der Waals surface area contributed by atoms with Crippen LogP contribution in [0, 0.1) is 0 Å². The molecule has 0 aliphatic heterocycles. The molecule has 2 rings (SSSR count). The van der Waals surface area contributed by atoms with Crippen molar-refractivity contribution in [2.24, 2.45) is 0 Å². The van der Waals surface area contributed by atoms with E-state index in [1.165, 1.54) is 0 Å². The van der Waals surface area contributed by atoms with E-state index in [0.29, 0.717) is 5.69 Å². The number of nitrogens with zero attached hydrogens (tertiary/aromatic N) is 2.